The molecule has 0 saturated carbocycles. The lowest BCUT2D eigenvalue weighted by Gasteiger charge is -2.32. The molecule has 138 valence electrons. The highest BCUT2D eigenvalue weighted by Crippen LogP contribution is 2.22. The fraction of sp³-hybridized carbons (Fsp3) is 0.444. The maximum atomic E-state index is 12.6. The lowest BCUT2D eigenvalue weighted by molar-refractivity contribution is 0.0823. The smallest absolute Gasteiger partial charge is 0.323 e. The van der Waals surface area contributed by atoms with Gasteiger partial charge in [-0.2, -0.15) is 0 Å². The second-order valence-corrected chi connectivity index (χ2v) is 7.55. The SMILES string of the molecule is CN(C)C(=O)c1csc(NC(=O)N2CCCC(Cc3cccnc3)C2)n1. The monoisotopic (exact) mass is 373 g/mol. The number of carbonyl (C=O) groups is 2. The first kappa shape index (κ1) is 18.3. The van der Waals surface area contributed by atoms with Crippen molar-refractivity contribution >= 4 is 28.4 Å². The summed E-state index contributed by atoms with van der Waals surface area (Å²) in [4.78, 5) is 36.1. The van der Waals surface area contributed by atoms with Crippen LogP contribution in [0.3, 0.4) is 0 Å². The third kappa shape index (κ3) is 4.57. The first-order chi connectivity index (χ1) is 12.5. The summed E-state index contributed by atoms with van der Waals surface area (Å²) in [5.41, 5.74) is 1.55. The Kier molecular flexibility index (Phi) is 5.82. The molecule has 0 aliphatic carbocycles. The molecule has 7 nitrogen and oxygen atoms in total. The standard InChI is InChI=1S/C18H23N5O2S/c1-22(2)16(24)15-12-26-17(20-15)21-18(25)23-8-4-6-14(11-23)9-13-5-3-7-19-10-13/h3,5,7,10,12,14H,4,6,8-9,11H2,1-2H3,(H,20,21,25). The van der Waals surface area contributed by atoms with Gasteiger partial charge in [0.05, 0.1) is 0 Å². The molecule has 26 heavy (non-hydrogen) atoms. The van der Waals surface area contributed by atoms with Crippen LogP contribution < -0.4 is 5.32 Å². The van der Waals surface area contributed by atoms with Crippen molar-refractivity contribution in [3.63, 3.8) is 0 Å². The Labute approximate surface area is 157 Å². The average Bonchev–Trinajstić information content (AvgIpc) is 3.10. The minimum Gasteiger partial charge on any atom is -0.343 e. The van der Waals surface area contributed by atoms with Crippen molar-refractivity contribution in [1.82, 2.24) is 19.8 Å². The molecule has 0 aromatic carbocycles. The molecule has 1 saturated heterocycles. The highest BCUT2D eigenvalue weighted by Gasteiger charge is 2.24. The fourth-order valence-corrected chi connectivity index (χ4v) is 3.77. The zero-order chi connectivity index (χ0) is 18.5. The maximum Gasteiger partial charge on any atom is 0.323 e. The van der Waals surface area contributed by atoms with Crippen LogP contribution in [-0.2, 0) is 6.42 Å². The molecule has 3 amide bonds. The zero-order valence-electron chi connectivity index (χ0n) is 15.0. The number of rotatable bonds is 4. The Bertz CT molecular complexity index is 762. The molecule has 3 rings (SSSR count). The zero-order valence-corrected chi connectivity index (χ0v) is 15.8. The number of nitrogens with zero attached hydrogens (tertiary/aromatic N) is 4. The maximum absolute atomic E-state index is 12.6. The van der Waals surface area contributed by atoms with Crippen LogP contribution in [0.25, 0.3) is 0 Å². The van der Waals surface area contributed by atoms with E-state index in [0.29, 0.717) is 16.7 Å². The molecule has 8 heteroatoms. The molecule has 1 atom stereocenters. The average molecular weight is 373 g/mol. The van der Waals surface area contributed by atoms with E-state index in [4.69, 9.17) is 0 Å². The van der Waals surface area contributed by atoms with Crippen LogP contribution in [0.2, 0.25) is 0 Å². The Morgan fingerprint density at radius 1 is 1.42 bits per heavy atom. The number of aromatic nitrogens is 2. The molecular weight excluding hydrogens is 350 g/mol. The van der Waals surface area contributed by atoms with Crippen LogP contribution in [0, 0.1) is 5.92 Å². The molecule has 0 radical (unpaired) electrons. The van der Waals surface area contributed by atoms with Gasteiger partial charge in [-0.15, -0.1) is 11.3 Å². The van der Waals surface area contributed by atoms with E-state index in [1.165, 1.54) is 21.8 Å². The second-order valence-electron chi connectivity index (χ2n) is 6.69. The Hall–Kier alpha value is -2.48. The number of piperidine rings is 1. The first-order valence-electron chi connectivity index (χ1n) is 8.65. The molecule has 2 aromatic heterocycles. The summed E-state index contributed by atoms with van der Waals surface area (Å²) in [7, 11) is 3.35. The van der Waals surface area contributed by atoms with Crippen molar-refractivity contribution in [3.8, 4) is 0 Å². The van der Waals surface area contributed by atoms with E-state index < -0.39 is 0 Å². The van der Waals surface area contributed by atoms with E-state index in [-0.39, 0.29) is 11.9 Å². The predicted octanol–water partition coefficient (Wildman–Crippen LogP) is 2.73. The van der Waals surface area contributed by atoms with E-state index >= 15 is 0 Å². The number of likely N-dealkylation sites (tertiary alicyclic amines) is 1. The molecule has 3 heterocycles. The molecule has 0 bridgehead atoms. The Morgan fingerprint density at radius 3 is 3.00 bits per heavy atom. The molecule has 1 aliphatic heterocycles. The van der Waals surface area contributed by atoms with Crippen LogP contribution in [0.15, 0.2) is 29.9 Å². The van der Waals surface area contributed by atoms with Gasteiger partial charge in [0.15, 0.2) is 5.13 Å². The normalized spacial score (nSPS) is 17.0. The first-order valence-corrected chi connectivity index (χ1v) is 9.53. The van der Waals surface area contributed by atoms with Gasteiger partial charge in [-0.05, 0) is 36.8 Å². The topological polar surface area (TPSA) is 78.4 Å². The number of anilines is 1. The van der Waals surface area contributed by atoms with E-state index in [2.05, 4.69) is 21.4 Å². The van der Waals surface area contributed by atoms with Crippen LogP contribution in [0.1, 0.15) is 28.9 Å². The van der Waals surface area contributed by atoms with Crippen LogP contribution in [0.5, 0.6) is 0 Å². The molecule has 1 N–H and O–H groups in total. The van der Waals surface area contributed by atoms with E-state index in [0.717, 1.165) is 32.4 Å². The minimum absolute atomic E-state index is 0.154. The number of hydrogen-bond donors (Lipinski definition) is 1. The number of amides is 3. The lowest BCUT2D eigenvalue weighted by atomic mass is 9.92. The van der Waals surface area contributed by atoms with Crippen LogP contribution in [0.4, 0.5) is 9.93 Å². The third-order valence-electron chi connectivity index (χ3n) is 4.40. The number of nitrogens with one attached hydrogen (secondary N) is 1. The summed E-state index contributed by atoms with van der Waals surface area (Å²) in [6.07, 6.45) is 6.68. The van der Waals surface area contributed by atoms with Gasteiger partial charge in [0, 0.05) is 45.0 Å². The third-order valence-corrected chi connectivity index (χ3v) is 5.15. The highest BCUT2D eigenvalue weighted by atomic mass is 32.1. The second kappa shape index (κ2) is 8.27. The van der Waals surface area contributed by atoms with E-state index in [1.54, 1.807) is 25.7 Å². The van der Waals surface area contributed by atoms with Crippen molar-refractivity contribution in [2.24, 2.45) is 5.92 Å². The number of carbonyl (C=O) groups excluding carboxylic acids is 2. The molecule has 2 aromatic rings. The number of urea groups is 1. The fourth-order valence-electron chi connectivity index (χ4n) is 3.10. The predicted molar refractivity (Wildman–Crippen MR) is 101 cm³/mol. The van der Waals surface area contributed by atoms with E-state index in [9.17, 15) is 9.59 Å². The van der Waals surface area contributed by atoms with Gasteiger partial charge in [0.2, 0.25) is 0 Å². The van der Waals surface area contributed by atoms with Gasteiger partial charge in [0.25, 0.3) is 5.91 Å². The number of pyridine rings is 1. The van der Waals surface area contributed by atoms with E-state index in [1.807, 2.05) is 17.2 Å². The van der Waals surface area contributed by atoms with Gasteiger partial charge in [-0.25, -0.2) is 9.78 Å². The largest absolute Gasteiger partial charge is 0.343 e. The van der Waals surface area contributed by atoms with Crippen LogP contribution >= 0.6 is 11.3 Å². The van der Waals surface area contributed by atoms with Gasteiger partial charge in [-0.1, -0.05) is 6.07 Å². The Morgan fingerprint density at radius 2 is 2.27 bits per heavy atom. The minimum atomic E-state index is -0.170. The number of thiazole rings is 1. The van der Waals surface area contributed by atoms with Gasteiger partial charge >= 0.3 is 6.03 Å². The summed E-state index contributed by atoms with van der Waals surface area (Å²) < 4.78 is 0. The summed E-state index contributed by atoms with van der Waals surface area (Å²) in [6.45, 7) is 1.46. The molecule has 1 unspecified atom stereocenters. The summed E-state index contributed by atoms with van der Waals surface area (Å²) in [6, 6.07) is 3.86. The molecule has 0 spiro atoms. The molecule has 1 aliphatic rings. The summed E-state index contributed by atoms with van der Waals surface area (Å²) in [5.74, 6) is 0.261. The van der Waals surface area contributed by atoms with Crippen LogP contribution in [-0.4, -0.2) is 58.9 Å². The van der Waals surface area contributed by atoms with Crippen molar-refractivity contribution in [2.45, 2.75) is 19.3 Å². The summed E-state index contributed by atoms with van der Waals surface area (Å²) >= 11 is 1.27. The van der Waals surface area contributed by atoms with Crippen molar-refractivity contribution in [1.29, 1.82) is 0 Å². The van der Waals surface area contributed by atoms with Gasteiger partial charge in [-0.3, -0.25) is 15.1 Å². The van der Waals surface area contributed by atoms with Crippen molar-refractivity contribution < 1.29 is 9.59 Å². The molecular formula is C18H23N5O2S. The van der Waals surface area contributed by atoms with Crippen molar-refractivity contribution in [3.05, 3.63) is 41.2 Å². The summed E-state index contributed by atoms with van der Waals surface area (Å²) in [5, 5.41) is 4.94. The number of hydrogen-bond acceptors (Lipinski definition) is 5. The highest BCUT2D eigenvalue weighted by molar-refractivity contribution is 7.14. The van der Waals surface area contributed by atoms with Crippen molar-refractivity contribution in [2.75, 3.05) is 32.5 Å². The quantitative estimate of drug-likeness (QED) is 0.894. The molecule has 1 fully saturated rings. The lowest BCUT2D eigenvalue weighted by Crippen LogP contribution is -2.42. The van der Waals surface area contributed by atoms with Gasteiger partial charge in [0.1, 0.15) is 5.69 Å². The Balaban J connectivity index is 1.57. The van der Waals surface area contributed by atoms with Gasteiger partial charge < -0.3 is 9.80 Å².